The zero-order valence-electron chi connectivity index (χ0n) is 23.2. The molecule has 222 valence electrons. The molecule has 3 aromatic rings. The molecule has 0 unspecified atom stereocenters. The van der Waals surface area contributed by atoms with Crippen LogP contribution in [-0.2, 0) is 26.2 Å². The van der Waals surface area contributed by atoms with Crippen LogP contribution in [0.5, 0.6) is 0 Å². The van der Waals surface area contributed by atoms with E-state index in [2.05, 4.69) is 5.32 Å². The van der Waals surface area contributed by atoms with Crippen LogP contribution >= 0.6 is 11.6 Å². The SMILES string of the molecule is C[C@@H](C(=O)NC1CCCCC1)N(Cc1cccc(Cl)c1)C(=O)CN(c1ccc([N+](=O)[O-])cc1)S(=O)(=O)c1ccccc1. The predicted octanol–water partition coefficient (Wildman–Crippen LogP) is 5.31. The van der Waals surface area contributed by atoms with E-state index in [4.69, 9.17) is 11.6 Å². The molecule has 1 N–H and O–H groups in total. The van der Waals surface area contributed by atoms with Crippen LogP contribution in [0.25, 0.3) is 0 Å². The Hall–Kier alpha value is -3.96. The molecule has 12 heteroatoms. The number of nitro groups is 1. The van der Waals surface area contributed by atoms with Gasteiger partial charge >= 0.3 is 0 Å². The van der Waals surface area contributed by atoms with Gasteiger partial charge < -0.3 is 10.2 Å². The lowest BCUT2D eigenvalue weighted by molar-refractivity contribution is -0.384. The molecule has 1 aliphatic rings. The van der Waals surface area contributed by atoms with Crippen molar-refractivity contribution in [1.29, 1.82) is 0 Å². The van der Waals surface area contributed by atoms with Crippen LogP contribution in [0.15, 0.2) is 83.8 Å². The summed E-state index contributed by atoms with van der Waals surface area (Å²) in [5.74, 6) is -0.954. The first-order chi connectivity index (χ1) is 20.1. The molecule has 1 saturated carbocycles. The zero-order chi connectivity index (χ0) is 30.3. The summed E-state index contributed by atoms with van der Waals surface area (Å²) in [6.45, 7) is 0.983. The Morgan fingerprint density at radius 1 is 1.00 bits per heavy atom. The van der Waals surface area contributed by atoms with Gasteiger partial charge in [-0.05, 0) is 61.7 Å². The van der Waals surface area contributed by atoms with E-state index in [0.29, 0.717) is 10.6 Å². The highest BCUT2D eigenvalue weighted by Crippen LogP contribution is 2.27. The summed E-state index contributed by atoms with van der Waals surface area (Å²) in [7, 11) is -4.27. The number of benzene rings is 3. The van der Waals surface area contributed by atoms with Gasteiger partial charge in [-0.15, -0.1) is 0 Å². The van der Waals surface area contributed by atoms with Crippen LogP contribution < -0.4 is 9.62 Å². The summed E-state index contributed by atoms with van der Waals surface area (Å²) in [6.07, 6.45) is 4.89. The fraction of sp³-hybridized carbons (Fsp3) is 0.333. The molecule has 0 spiro atoms. The third-order valence-electron chi connectivity index (χ3n) is 7.32. The standard InChI is InChI=1S/C30H33ClN4O6S/c1-22(30(37)32-25-11-4-2-5-12-25)33(20-23-9-8-10-24(31)19-23)29(36)21-34(26-15-17-27(18-16-26)35(38)39)42(40,41)28-13-6-3-7-14-28/h3,6-10,13-19,22,25H,2,4-5,11-12,20-21H2,1H3,(H,32,37)/t22-/m0/s1. The highest BCUT2D eigenvalue weighted by Gasteiger charge is 2.33. The fourth-order valence-corrected chi connectivity index (χ4v) is 6.62. The zero-order valence-corrected chi connectivity index (χ0v) is 24.8. The second-order valence-electron chi connectivity index (χ2n) is 10.3. The summed E-state index contributed by atoms with van der Waals surface area (Å²) in [4.78, 5) is 39.3. The number of carbonyl (C=O) groups excluding carboxylic acids is 2. The number of nitro benzene ring substituents is 1. The number of hydrogen-bond donors (Lipinski definition) is 1. The maximum absolute atomic E-state index is 14.0. The molecule has 1 atom stereocenters. The Kier molecular flexibility index (Phi) is 10.2. The van der Waals surface area contributed by atoms with Gasteiger partial charge in [-0.3, -0.25) is 24.0 Å². The molecule has 42 heavy (non-hydrogen) atoms. The van der Waals surface area contributed by atoms with E-state index in [0.717, 1.165) is 36.4 Å². The highest BCUT2D eigenvalue weighted by molar-refractivity contribution is 7.92. The molecule has 0 saturated heterocycles. The topological polar surface area (TPSA) is 130 Å². The van der Waals surface area contributed by atoms with E-state index in [1.165, 1.54) is 41.3 Å². The molecule has 0 aromatic heterocycles. The van der Waals surface area contributed by atoms with Gasteiger partial charge in [-0.25, -0.2) is 8.42 Å². The number of nitrogens with zero attached hydrogens (tertiary/aromatic N) is 3. The van der Waals surface area contributed by atoms with E-state index in [1.54, 1.807) is 49.4 Å². The molecule has 4 rings (SSSR count). The van der Waals surface area contributed by atoms with Gasteiger partial charge in [0, 0.05) is 29.7 Å². The van der Waals surface area contributed by atoms with Crippen molar-refractivity contribution in [1.82, 2.24) is 10.2 Å². The van der Waals surface area contributed by atoms with E-state index in [1.807, 2.05) is 0 Å². The first kappa shape index (κ1) is 31.0. The normalized spacial score (nSPS) is 14.5. The minimum atomic E-state index is -4.27. The lowest BCUT2D eigenvalue weighted by atomic mass is 9.95. The van der Waals surface area contributed by atoms with E-state index in [9.17, 15) is 28.1 Å². The van der Waals surface area contributed by atoms with Gasteiger partial charge in [-0.2, -0.15) is 0 Å². The summed E-state index contributed by atoms with van der Waals surface area (Å²) in [5, 5.41) is 14.7. The van der Waals surface area contributed by atoms with Gasteiger partial charge in [0.1, 0.15) is 12.6 Å². The molecular weight excluding hydrogens is 580 g/mol. The first-order valence-electron chi connectivity index (χ1n) is 13.7. The van der Waals surface area contributed by atoms with E-state index in [-0.39, 0.29) is 34.8 Å². The van der Waals surface area contributed by atoms with Crippen molar-refractivity contribution in [2.75, 3.05) is 10.8 Å². The van der Waals surface area contributed by atoms with Crippen molar-refractivity contribution in [3.8, 4) is 0 Å². The average molecular weight is 613 g/mol. The number of non-ortho nitro benzene ring substituents is 1. The Morgan fingerprint density at radius 2 is 1.67 bits per heavy atom. The van der Waals surface area contributed by atoms with Crippen molar-refractivity contribution in [2.45, 2.75) is 62.6 Å². The highest BCUT2D eigenvalue weighted by atomic mass is 35.5. The Balaban J connectivity index is 1.68. The third-order valence-corrected chi connectivity index (χ3v) is 9.34. The number of nitrogens with one attached hydrogen (secondary N) is 1. The number of hydrogen-bond acceptors (Lipinski definition) is 6. The van der Waals surface area contributed by atoms with Crippen molar-refractivity contribution in [2.24, 2.45) is 0 Å². The largest absolute Gasteiger partial charge is 0.352 e. The Morgan fingerprint density at radius 3 is 2.29 bits per heavy atom. The smallest absolute Gasteiger partial charge is 0.269 e. The molecule has 1 fully saturated rings. The maximum atomic E-state index is 14.0. The minimum Gasteiger partial charge on any atom is -0.352 e. The van der Waals surface area contributed by atoms with Gasteiger partial charge in [0.25, 0.3) is 15.7 Å². The monoisotopic (exact) mass is 612 g/mol. The fourth-order valence-electron chi connectivity index (χ4n) is 4.97. The molecule has 0 bridgehead atoms. The lowest BCUT2D eigenvalue weighted by Gasteiger charge is -2.33. The first-order valence-corrected chi connectivity index (χ1v) is 15.5. The van der Waals surface area contributed by atoms with E-state index < -0.39 is 33.4 Å². The van der Waals surface area contributed by atoms with Crippen molar-refractivity contribution < 1.29 is 22.9 Å². The van der Waals surface area contributed by atoms with Crippen LogP contribution in [0, 0.1) is 10.1 Å². The van der Waals surface area contributed by atoms with Gasteiger partial charge in [0.05, 0.1) is 15.5 Å². The van der Waals surface area contributed by atoms with Crippen molar-refractivity contribution >= 4 is 44.8 Å². The summed E-state index contributed by atoms with van der Waals surface area (Å²) >= 11 is 6.19. The van der Waals surface area contributed by atoms with Crippen LogP contribution in [0.2, 0.25) is 5.02 Å². The maximum Gasteiger partial charge on any atom is 0.269 e. The predicted molar refractivity (Wildman–Crippen MR) is 161 cm³/mol. The molecular formula is C30H33ClN4O6S. The molecule has 0 radical (unpaired) electrons. The van der Waals surface area contributed by atoms with Crippen LogP contribution in [0.4, 0.5) is 11.4 Å². The number of anilines is 1. The van der Waals surface area contributed by atoms with Crippen molar-refractivity contribution in [3.05, 3.63) is 99.6 Å². The average Bonchev–Trinajstić information content (AvgIpc) is 2.99. The summed E-state index contributed by atoms with van der Waals surface area (Å²) in [5.41, 5.74) is 0.513. The number of rotatable bonds is 11. The van der Waals surface area contributed by atoms with Crippen molar-refractivity contribution in [3.63, 3.8) is 0 Å². The second-order valence-corrected chi connectivity index (χ2v) is 12.6. The third kappa shape index (κ3) is 7.65. The summed E-state index contributed by atoms with van der Waals surface area (Å²) < 4.78 is 28.5. The lowest BCUT2D eigenvalue weighted by Crippen LogP contribution is -2.53. The van der Waals surface area contributed by atoms with Crippen LogP contribution in [0.1, 0.15) is 44.6 Å². The Bertz CT molecular complexity index is 1510. The number of sulfonamides is 1. The quantitative estimate of drug-likeness (QED) is 0.231. The molecule has 0 aliphatic heterocycles. The number of amides is 2. The molecule has 2 amide bonds. The summed E-state index contributed by atoms with van der Waals surface area (Å²) in [6, 6.07) is 18.5. The van der Waals surface area contributed by atoms with Crippen LogP contribution in [0.3, 0.4) is 0 Å². The van der Waals surface area contributed by atoms with Gasteiger partial charge in [-0.1, -0.05) is 61.2 Å². The number of halogens is 1. The van der Waals surface area contributed by atoms with Crippen LogP contribution in [-0.4, -0.2) is 48.7 Å². The number of carbonyl (C=O) groups is 2. The minimum absolute atomic E-state index is 0.0120. The second kappa shape index (κ2) is 13.8. The van der Waals surface area contributed by atoms with Gasteiger partial charge in [0.2, 0.25) is 11.8 Å². The molecule has 3 aromatic carbocycles. The molecule has 1 aliphatic carbocycles. The molecule has 0 heterocycles. The molecule has 10 nitrogen and oxygen atoms in total. The van der Waals surface area contributed by atoms with E-state index >= 15 is 0 Å². The van der Waals surface area contributed by atoms with Gasteiger partial charge in [0.15, 0.2) is 0 Å². The Labute approximate surface area is 250 Å².